The Morgan fingerprint density at radius 2 is 1.80 bits per heavy atom. The lowest BCUT2D eigenvalue weighted by atomic mass is 9.97. The normalized spacial score (nSPS) is 15.0. The monoisotopic (exact) mass is 440 g/mol. The van der Waals surface area contributed by atoms with E-state index in [1.54, 1.807) is 7.05 Å². The summed E-state index contributed by atoms with van der Waals surface area (Å²) in [6.07, 6.45) is -4.48. The molecule has 1 amide bonds. The molecule has 2 aromatic rings. The van der Waals surface area contributed by atoms with E-state index in [4.69, 9.17) is 16.3 Å². The van der Waals surface area contributed by atoms with Crippen molar-refractivity contribution in [3.63, 3.8) is 0 Å². The van der Waals surface area contributed by atoms with E-state index in [1.807, 2.05) is 26.0 Å². The molecule has 1 N–H and O–H groups in total. The number of aryl methyl sites for hydroxylation is 2. The second-order valence-corrected chi connectivity index (χ2v) is 8.07. The Labute approximate surface area is 179 Å². The number of nitrogens with zero attached hydrogens (tertiary/aromatic N) is 1. The van der Waals surface area contributed by atoms with Gasteiger partial charge in [0, 0.05) is 26.7 Å². The number of carbonyl (C=O) groups is 1. The highest BCUT2D eigenvalue weighted by atomic mass is 35.5. The molecule has 2 aromatic carbocycles. The van der Waals surface area contributed by atoms with Crippen LogP contribution in [0, 0.1) is 19.8 Å². The number of carbonyl (C=O) groups excluding carboxylic acids is 1. The first kappa shape index (κ1) is 22.4. The third kappa shape index (κ3) is 5.08. The van der Waals surface area contributed by atoms with Crippen LogP contribution < -0.4 is 10.1 Å². The minimum absolute atomic E-state index is 0.0513. The lowest BCUT2D eigenvalue weighted by Crippen LogP contribution is -2.52. The van der Waals surface area contributed by atoms with Crippen LogP contribution in [0.15, 0.2) is 30.3 Å². The third-order valence-corrected chi connectivity index (χ3v) is 5.54. The molecule has 1 heterocycles. The lowest BCUT2D eigenvalue weighted by molar-refractivity contribution is -0.137. The van der Waals surface area contributed by atoms with Crippen LogP contribution >= 0.6 is 11.6 Å². The Balaban J connectivity index is 1.62. The molecule has 8 heteroatoms. The van der Waals surface area contributed by atoms with Crippen LogP contribution in [0.5, 0.6) is 5.75 Å². The predicted octanol–water partition coefficient (Wildman–Crippen LogP) is 4.73. The Bertz CT molecular complexity index is 917. The summed E-state index contributed by atoms with van der Waals surface area (Å²) in [6, 6.07) is 7.71. The summed E-state index contributed by atoms with van der Waals surface area (Å²) in [7, 11) is 1.65. The molecule has 0 atom stereocenters. The van der Waals surface area contributed by atoms with E-state index in [1.165, 1.54) is 12.1 Å². The Morgan fingerprint density at radius 1 is 1.17 bits per heavy atom. The molecule has 0 spiro atoms. The fourth-order valence-corrected chi connectivity index (χ4v) is 4.03. The van der Waals surface area contributed by atoms with Crippen LogP contribution in [0.4, 0.5) is 13.2 Å². The van der Waals surface area contributed by atoms with E-state index in [2.05, 4.69) is 10.2 Å². The first-order valence-electron chi connectivity index (χ1n) is 9.61. The topological polar surface area (TPSA) is 41.6 Å². The molecular weight excluding hydrogens is 417 g/mol. The van der Waals surface area contributed by atoms with Gasteiger partial charge in [0.2, 0.25) is 5.91 Å². The number of alkyl halides is 3. The van der Waals surface area contributed by atoms with Gasteiger partial charge in [0.1, 0.15) is 12.4 Å². The molecule has 0 aliphatic carbocycles. The number of likely N-dealkylation sites (tertiary alicyclic amines) is 1. The summed E-state index contributed by atoms with van der Waals surface area (Å²) < 4.78 is 44.4. The van der Waals surface area contributed by atoms with Crippen molar-refractivity contribution in [2.75, 3.05) is 20.1 Å². The SMILES string of the molecule is CNC(=O)C1CN(Cc2cc(C)c(OCc3ccc(C(F)(F)F)c(Cl)c3)c(C)c2)C1. The van der Waals surface area contributed by atoms with Gasteiger partial charge in [0.15, 0.2) is 0 Å². The highest BCUT2D eigenvalue weighted by Crippen LogP contribution is 2.35. The Morgan fingerprint density at radius 3 is 2.33 bits per heavy atom. The predicted molar refractivity (Wildman–Crippen MR) is 110 cm³/mol. The van der Waals surface area contributed by atoms with Crippen LogP contribution in [0.25, 0.3) is 0 Å². The zero-order valence-electron chi connectivity index (χ0n) is 17.1. The highest BCUT2D eigenvalue weighted by molar-refractivity contribution is 6.31. The highest BCUT2D eigenvalue weighted by Gasteiger charge is 2.33. The van der Waals surface area contributed by atoms with Crippen molar-refractivity contribution >= 4 is 17.5 Å². The summed E-state index contributed by atoms with van der Waals surface area (Å²) in [6.45, 7) is 6.24. The van der Waals surface area contributed by atoms with Crippen molar-refractivity contribution in [2.24, 2.45) is 5.92 Å². The number of nitrogens with one attached hydrogen (secondary N) is 1. The van der Waals surface area contributed by atoms with Crippen molar-refractivity contribution in [1.82, 2.24) is 10.2 Å². The first-order valence-corrected chi connectivity index (χ1v) is 9.98. The van der Waals surface area contributed by atoms with Gasteiger partial charge in [0.05, 0.1) is 16.5 Å². The van der Waals surface area contributed by atoms with Gasteiger partial charge in [-0.15, -0.1) is 0 Å². The molecule has 1 aliphatic rings. The number of hydrogen-bond donors (Lipinski definition) is 1. The number of halogens is 4. The van der Waals surface area contributed by atoms with Crippen LogP contribution in [0.3, 0.4) is 0 Å². The van der Waals surface area contributed by atoms with Crippen LogP contribution in [0.2, 0.25) is 5.02 Å². The van der Waals surface area contributed by atoms with E-state index in [9.17, 15) is 18.0 Å². The minimum atomic E-state index is -4.48. The summed E-state index contributed by atoms with van der Waals surface area (Å²) in [4.78, 5) is 13.8. The maximum absolute atomic E-state index is 12.8. The summed E-state index contributed by atoms with van der Waals surface area (Å²) in [5.41, 5.74) is 2.74. The Hall–Kier alpha value is -2.25. The zero-order valence-corrected chi connectivity index (χ0v) is 17.8. The maximum atomic E-state index is 12.8. The number of ether oxygens (including phenoxy) is 1. The molecule has 4 nitrogen and oxygen atoms in total. The minimum Gasteiger partial charge on any atom is -0.488 e. The number of hydrogen-bond acceptors (Lipinski definition) is 3. The standard InChI is InChI=1S/C22H24ClF3N2O2/c1-13-6-16(9-28-10-17(11-28)21(29)27-3)7-14(2)20(13)30-12-15-4-5-18(19(23)8-15)22(24,25)26/h4-8,17H,9-12H2,1-3H3,(H,27,29). The molecule has 1 saturated heterocycles. The van der Waals surface area contributed by atoms with Gasteiger partial charge in [-0.05, 0) is 48.2 Å². The van der Waals surface area contributed by atoms with Gasteiger partial charge in [0.25, 0.3) is 0 Å². The lowest BCUT2D eigenvalue weighted by Gasteiger charge is -2.38. The van der Waals surface area contributed by atoms with E-state index in [0.717, 1.165) is 42.4 Å². The summed E-state index contributed by atoms with van der Waals surface area (Å²) in [5.74, 6) is 0.836. The first-order chi connectivity index (χ1) is 14.1. The molecule has 0 aromatic heterocycles. The van der Waals surface area contributed by atoms with Crippen molar-refractivity contribution in [1.29, 1.82) is 0 Å². The smallest absolute Gasteiger partial charge is 0.417 e. The summed E-state index contributed by atoms with van der Waals surface area (Å²) >= 11 is 5.78. The third-order valence-electron chi connectivity index (χ3n) is 5.22. The van der Waals surface area contributed by atoms with Crippen LogP contribution in [-0.2, 0) is 24.1 Å². The van der Waals surface area contributed by atoms with Gasteiger partial charge in [-0.3, -0.25) is 9.69 Å². The molecule has 1 aliphatic heterocycles. The van der Waals surface area contributed by atoms with E-state index in [0.29, 0.717) is 11.3 Å². The molecule has 0 saturated carbocycles. The van der Waals surface area contributed by atoms with Crippen molar-refractivity contribution in [3.05, 3.63) is 63.2 Å². The van der Waals surface area contributed by atoms with Crippen molar-refractivity contribution in [3.8, 4) is 5.75 Å². The molecule has 0 unspecified atom stereocenters. The summed E-state index contributed by atoms with van der Waals surface area (Å²) in [5, 5.41) is 2.34. The average Bonchev–Trinajstić information content (AvgIpc) is 2.62. The molecule has 1 fully saturated rings. The number of benzene rings is 2. The Kier molecular flexibility index (Phi) is 6.62. The number of amides is 1. The second-order valence-electron chi connectivity index (χ2n) is 7.66. The maximum Gasteiger partial charge on any atom is 0.417 e. The fraction of sp³-hybridized carbons (Fsp3) is 0.409. The van der Waals surface area contributed by atoms with Crippen LogP contribution in [-0.4, -0.2) is 30.9 Å². The second kappa shape index (κ2) is 8.86. The van der Waals surface area contributed by atoms with Crippen LogP contribution in [0.1, 0.15) is 27.8 Å². The van der Waals surface area contributed by atoms with Gasteiger partial charge >= 0.3 is 6.18 Å². The molecule has 162 valence electrons. The number of rotatable bonds is 6. The van der Waals surface area contributed by atoms with Crippen molar-refractivity contribution < 1.29 is 22.7 Å². The molecule has 0 radical (unpaired) electrons. The van der Waals surface area contributed by atoms with E-state index >= 15 is 0 Å². The van der Waals surface area contributed by atoms with Crippen molar-refractivity contribution in [2.45, 2.75) is 33.2 Å². The van der Waals surface area contributed by atoms with Gasteiger partial charge in [-0.25, -0.2) is 0 Å². The van der Waals surface area contributed by atoms with Gasteiger partial charge < -0.3 is 10.1 Å². The molecule has 30 heavy (non-hydrogen) atoms. The largest absolute Gasteiger partial charge is 0.488 e. The average molecular weight is 441 g/mol. The van der Waals surface area contributed by atoms with Gasteiger partial charge in [-0.2, -0.15) is 13.2 Å². The fourth-order valence-electron chi connectivity index (χ4n) is 3.72. The molecule has 0 bridgehead atoms. The zero-order chi connectivity index (χ0) is 22.1. The van der Waals surface area contributed by atoms with E-state index in [-0.39, 0.29) is 23.5 Å². The quantitative estimate of drug-likeness (QED) is 0.706. The van der Waals surface area contributed by atoms with E-state index < -0.39 is 11.7 Å². The molecular formula is C22H24ClF3N2O2. The molecule has 3 rings (SSSR count). The van der Waals surface area contributed by atoms with Gasteiger partial charge in [-0.1, -0.05) is 29.8 Å².